The minimum Gasteiger partial charge on any atom is -0.379 e. The molecule has 1 amide bonds. The zero-order valence-electron chi connectivity index (χ0n) is 13.4. The highest BCUT2D eigenvalue weighted by Gasteiger charge is 2.39. The van der Waals surface area contributed by atoms with E-state index in [1.54, 1.807) is 0 Å². The van der Waals surface area contributed by atoms with Gasteiger partial charge in [-0.1, -0.05) is 6.92 Å². The molecule has 1 rings (SSSR count). The van der Waals surface area contributed by atoms with Crippen molar-refractivity contribution in [2.75, 3.05) is 19.7 Å². The van der Waals surface area contributed by atoms with Crippen molar-refractivity contribution in [2.24, 2.45) is 17.1 Å². The van der Waals surface area contributed by atoms with Gasteiger partial charge in [-0.3, -0.25) is 4.79 Å². The molecule has 0 aromatic rings. The predicted octanol–water partition coefficient (Wildman–Crippen LogP) is 2.46. The van der Waals surface area contributed by atoms with Crippen LogP contribution in [0.2, 0.25) is 0 Å². The number of hydrogen-bond acceptors (Lipinski definition) is 3. The maximum Gasteiger partial charge on any atom is 0.227 e. The molecule has 4 nitrogen and oxygen atoms in total. The number of unbranched alkanes of at least 4 members (excludes halogenated alkanes) is 1. The van der Waals surface area contributed by atoms with Crippen molar-refractivity contribution in [1.29, 1.82) is 0 Å². The average Bonchev–Trinajstić information content (AvgIpc) is 2.43. The first kappa shape index (κ1) is 17.4. The summed E-state index contributed by atoms with van der Waals surface area (Å²) in [5.41, 5.74) is 5.58. The van der Waals surface area contributed by atoms with Gasteiger partial charge in [-0.25, -0.2) is 0 Å². The summed E-state index contributed by atoms with van der Waals surface area (Å²) in [6, 6.07) is 0. The van der Waals surface area contributed by atoms with E-state index >= 15 is 0 Å². The normalized spacial score (nSPS) is 26.8. The summed E-state index contributed by atoms with van der Waals surface area (Å²) in [6.45, 7) is 8.31. The minimum atomic E-state index is -0.305. The molecule has 0 atom stereocenters. The summed E-state index contributed by atoms with van der Waals surface area (Å²) in [7, 11) is 0. The van der Waals surface area contributed by atoms with E-state index in [0.717, 1.165) is 57.6 Å². The fourth-order valence-electron chi connectivity index (χ4n) is 2.77. The first-order valence-corrected chi connectivity index (χ1v) is 8.10. The van der Waals surface area contributed by atoms with Crippen LogP contribution in [0.3, 0.4) is 0 Å². The molecule has 4 heteroatoms. The van der Waals surface area contributed by atoms with E-state index in [2.05, 4.69) is 12.2 Å². The third-order valence-electron chi connectivity index (χ3n) is 4.41. The molecule has 20 heavy (non-hydrogen) atoms. The van der Waals surface area contributed by atoms with Gasteiger partial charge in [-0.05, 0) is 58.3 Å². The van der Waals surface area contributed by atoms with Crippen LogP contribution in [-0.4, -0.2) is 31.7 Å². The molecule has 1 aliphatic carbocycles. The Morgan fingerprint density at radius 1 is 1.35 bits per heavy atom. The molecule has 118 valence electrons. The fourth-order valence-corrected chi connectivity index (χ4v) is 2.77. The van der Waals surface area contributed by atoms with Gasteiger partial charge in [0.2, 0.25) is 5.91 Å². The Bertz CT molecular complexity index is 284. The van der Waals surface area contributed by atoms with Crippen molar-refractivity contribution in [3.63, 3.8) is 0 Å². The highest BCUT2D eigenvalue weighted by Crippen LogP contribution is 2.38. The first-order valence-electron chi connectivity index (χ1n) is 8.10. The van der Waals surface area contributed by atoms with Gasteiger partial charge in [0.05, 0.1) is 11.5 Å². The first-order chi connectivity index (χ1) is 9.50. The Morgan fingerprint density at radius 3 is 2.55 bits per heavy atom. The lowest BCUT2D eigenvalue weighted by atomic mass is 9.70. The van der Waals surface area contributed by atoms with Crippen molar-refractivity contribution in [3.05, 3.63) is 0 Å². The maximum absolute atomic E-state index is 12.4. The molecule has 0 radical (unpaired) electrons. The number of rotatable bonds is 8. The standard InChI is InChI=1S/C16H32N2O2/c1-13(2)20-11-5-4-10-18-15(19)16(12-17)8-6-14(3)7-9-16/h13-14H,4-12,17H2,1-3H3,(H,18,19). The van der Waals surface area contributed by atoms with Crippen LogP contribution in [0, 0.1) is 11.3 Å². The van der Waals surface area contributed by atoms with E-state index in [1.807, 2.05) is 13.8 Å². The number of carbonyl (C=O) groups excluding carboxylic acids is 1. The van der Waals surface area contributed by atoms with Crippen LogP contribution in [0.1, 0.15) is 59.3 Å². The van der Waals surface area contributed by atoms with Gasteiger partial charge in [0, 0.05) is 19.7 Å². The molecule has 0 aliphatic heterocycles. The second-order valence-electron chi connectivity index (χ2n) is 6.55. The second kappa shape index (κ2) is 8.63. The van der Waals surface area contributed by atoms with Crippen molar-refractivity contribution < 1.29 is 9.53 Å². The molecule has 1 saturated carbocycles. The Hall–Kier alpha value is -0.610. The van der Waals surface area contributed by atoms with Crippen LogP contribution in [-0.2, 0) is 9.53 Å². The molecule has 0 aromatic heterocycles. The summed E-state index contributed by atoms with van der Waals surface area (Å²) in [6.07, 6.45) is 6.36. The van der Waals surface area contributed by atoms with Gasteiger partial charge in [-0.15, -0.1) is 0 Å². The van der Waals surface area contributed by atoms with Gasteiger partial charge >= 0.3 is 0 Å². The second-order valence-corrected chi connectivity index (χ2v) is 6.55. The van der Waals surface area contributed by atoms with Crippen LogP contribution >= 0.6 is 0 Å². The molecule has 0 bridgehead atoms. The molecule has 3 N–H and O–H groups in total. The van der Waals surface area contributed by atoms with Gasteiger partial charge in [-0.2, -0.15) is 0 Å². The van der Waals surface area contributed by atoms with Gasteiger partial charge in [0.15, 0.2) is 0 Å². The summed E-state index contributed by atoms with van der Waals surface area (Å²) in [5, 5.41) is 3.07. The Kier molecular flexibility index (Phi) is 7.52. The van der Waals surface area contributed by atoms with Crippen LogP contribution in [0.5, 0.6) is 0 Å². The van der Waals surface area contributed by atoms with Crippen molar-refractivity contribution in [1.82, 2.24) is 5.32 Å². The maximum atomic E-state index is 12.4. The van der Waals surface area contributed by atoms with Crippen LogP contribution in [0.4, 0.5) is 0 Å². The monoisotopic (exact) mass is 284 g/mol. The summed E-state index contributed by atoms with van der Waals surface area (Å²) < 4.78 is 5.49. The molecule has 1 aliphatic rings. The Morgan fingerprint density at radius 2 is 2.00 bits per heavy atom. The predicted molar refractivity (Wildman–Crippen MR) is 82.5 cm³/mol. The molecule has 1 fully saturated rings. The lowest BCUT2D eigenvalue weighted by Crippen LogP contribution is -2.48. The van der Waals surface area contributed by atoms with Gasteiger partial charge in [0.25, 0.3) is 0 Å². The van der Waals surface area contributed by atoms with E-state index in [9.17, 15) is 4.79 Å². The fraction of sp³-hybridized carbons (Fsp3) is 0.938. The number of nitrogens with one attached hydrogen (secondary N) is 1. The zero-order valence-corrected chi connectivity index (χ0v) is 13.4. The molecule has 0 unspecified atom stereocenters. The lowest BCUT2D eigenvalue weighted by molar-refractivity contribution is -0.132. The molecule has 0 saturated heterocycles. The molecule has 0 heterocycles. The van der Waals surface area contributed by atoms with Crippen molar-refractivity contribution in [3.8, 4) is 0 Å². The molecular formula is C16H32N2O2. The SMILES string of the molecule is CC1CCC(CN)(C(=O)NCCCCOC(C)C)CC1. The summed E-state index contributed by atoms with van der Waals surface area (Å²) >= 11 is 0. The number of hydrogen-bond donors (Lipinski definition) is 2. The van der Waals surface area contributed by atoms with Crippen LogP contribution in [0.25, 0.3) is 0 Å². The average molecular weight is 284 g/mol. The molecular weight excluding hydrogens is 252 g/mol. The van der Waals surface area contributed by atoms with Gasteiger partial charge < -0.3 is 15.8 Å². The summed E-state index contributed by atoms with van der Waals surface area (Å²) in [4.78, 5) is 12.4. The van der Waals surface area contributed by atoms with E-state index in [4.69, 9.17) is 10.5 Å². The zero-order chi connectivity index (χ0) is 15.0. The summed E-state index contributed by atoms with van der Waals surface area (Å²) in [5.74, 6) is 0.896. The van der Waals surface area contributed by atoms with Gasteiger partial charge in [0.1, 0.15) is 0 Å². The van der Waals surface area contributed by atoms with E-state index in [1.165, 1.54) is 0 Å². The van der Waals surface area contributed by atoms with Crippen LogP contribution in [0.15, 0.2) is 0 Å². The molecule has 0 spiro atoms. The number of nitrogens with two attached hydrogens (primary N) is 1. The Balaban J connectivity index is 2.23. The van der Waals surface area contributed by atoms with E-state index in [-0.39, 0.29) is 17.4 Å². The smallest absolute Gasteiger partial charge is 0.227 e. The topological polar surface area (TPSA) is 64.4 Å². The third-order valence-corrected chi connectivity index (χ3v) is 4.41. The third kappa shape index (κ3) is 5.41. The van der Waals surface area contributed by atoms with Crippen LogP contribution < -0.4 is 11.1 Å². The van der Waals surface area contributed by atoms with E-state index in [0.29, 0.717) is 6.54 Å². The highest BCUT2D eigenvalue weighted by atomic mass is 16.5. The number of amides is 1. The Labute approximate surface area is 123 Å². The minimum absolute atomic E-state index is 0.164. The quantitative estimate of drug-likeness (QED) is 0.673. The molecule has 0 aromatic carbocycles. The highest BCUT2D eigenvalue weighted by molar-refractivity contribution is 5.83. The van der Waals surface area contributed by atoms with Crippen molar-refractivity contribution >= 4 is 5.91 Å². The number of carbonyl (C=O) groups is 1. The van der Waals surface area contributed by atoms with Crippen molar-refractivity contribution in [2.45, 2.75) is 65.4 Å². The number of ether oxygens (including phenoxy) is 1. The van der Waals surface area contributed by atoms with E-state index < -0.39 is 0 Å². The lowest BCUT2D eigenvalue weighted by Gasteiger charge is -2.37. The largest absolute Gasteiger partial charge is 0.379 e.